The number of H-pyrrole nitrogens is 1. The minimum absolute atomic E-state index is 0.277. The van der Waals surface area contributed by atoms with Gasteiger partial charge in [-0.3, -0.25) is 9.50 Å². The number of imidazole rings is 1. The van der Waals surface area contributed by atoms with Gasteiger partial charge in [-0.25, -0.2) is 9.97 Å². The summed E-state index contributed by atoms with van der Waals surface area (Å²) in [5.41, 5.74) is 2.76. The predicted octanol–water partition coefficient (Wildman–Crippen LogP) is 0.690. The van der Waals surface area contributed by atoms with Crippen LogP contribution in [0, 0.1) is 0 Å². The average molecular weight is 270 g/mol. The standard InChI is InChI=1S/C13H14N6O/c20-10-1-3-18(8-10)12-13-15-7-11(9-5-16-17-6-9)19(13)4-2-14-12/h2,4-7,10,20H,1,3,8H2,(H,16,17). The monoisotopic (exact) mass is 270 g/mol. The largest absolute Gasteiger partial charge is 0.391 e. The first-order valence-corrected chi connectivity index (χ1v) is 6.57. The second-order valence-corrected chi connectivity index (χ2v) is 4.96. The number of rotatable bonds is 2. The molecule has 7 heteroatoms. The van der Waals surface area contributed by atoms with Crippen LogP contribution in [0.4, 0.5) is 5.82 Å². The maximum Gasteiger partial charge on any atom is 0.180 e. The molecule has 20 heavy (non-hydrogen) atoms. The third-order valence-corrected chi connectivity index (χ3v) is 3.67. The van der Waals surface area contributed by atoms with E-state index in [0.29, 0.717) is 6.54 Å². The Bertz CT molecular complexity index is 734. The fraction of sp³-hybridized carbons (Fsp3) is 0.308. The van der Waals surface area contributed by atoms with Gasteiger partial charge in [0.25, 0.3) is 0 Å². The van der Waals surface area contributed by atoms with Crippen molar-refractivity contribution in [1.82, 2.24) is 24.6 Å². The van der Waals surface area contributed by atoms with Gasteiger partial charge in [-0.05, 0) is 6.42 Å². The molecule has 4 rings (SSSR count). The highest BCUT2D eigenvalue weighted by atomic mass is 16.3. The van der Waals surface area contributed by atoms with Crippen LogP contribution in [0.15, 0.2) is 31.0 Å². The van der Waals surface area contributed by atoms with Gasteiger partial charge in [0.15, 0.2) is 11.5 Å². The van der Waals surface area contributed by atoms with Crippen molar-refractivity contribution in [2.75, 3.05) is 18.0 Å². The molecule has 0 bridgehead atoms. The predicted molar refractivity (Wildman–Crippen MR) is 73.4 cm³/mol. The zero-order valence-electron chi connectivity index (χ0n) is 10.8. The number of fused-ring (bicyclic) bond motifs is 1. The van der Waals surface area contributed by atoms with E-state index < -0.39 is 0 Å². The number of hydrogen-bond acceptors (Lipinski definition) is 5. The average Bonchev–Trinajstić information content (AvgIpc) is 3.17. The number of nitrogens with zero attached hydrogens (tertiary/aromatic N) is 5. The van der Waals surface area contributed by atoms with Crippen LogP contribution in [0.2, 0.25) is 0 Å². The molecule has 0 radical (unpaired) electrons. The molecule has 1 fully saturated rings. The maximum atomic E-state index is 9.68. The lowest BCUT2D eigenvalue weighted by atomic mass is 10.3. The van der Waals surface area contributed by atoms with Crippen LogP contribution in [0.3, 0.4) is 0 Å². The van der Waals surface area contributed by atoms with Crippen molar-refractivity contribution < 1.29 is 5.11 Å². The highest BCUT2D eigenvalue weighted by Gasteiger charge is 2.24. The van der Waals surface area contributed by atoms with Crippen LogP contribution >= 0.6 is 0 Å². The zero-order valence-corrected chi connectivity index (χ0v) is 10.8. The number of nitrogens with one attached hydrogen (secondary N) is 1. The van der Waals surface area contributed by atoms with Crippen LogP contribution in [-0.4, -0.2) is 48.9 Å². The number of hydrogen-bond donors (Lipinski definition) is 2. The number of aliphatic hydroxyl groups excluding tert-OH is 1. The van der Waals surface area contributed by atoms with Gasteiger partial charge >= 0.3 is 0 Å². The highest BCUT2D eigenvalue weighted by Crippen LogP contribution is 2.26. The molecule has 0 aliphatic carbocycles. The summed E-state index contributed by atoms with van der Waals surface area (Å²) in [5.74, 6) is 0.818. The summed E-state index contributed by atoms with van der Waals surface area (Å²) in [6.45, 7) is 1.42. The molecule has 3 aromatic rings. The quantitative estimate of drug-likeness (QED) is 0.716. The minimum Gasteiger partial charge on any atom is -0.391 e. The molecular weight excluding hydrogens is 256 g/mol. The van der Waals surface area contributed by atoms with Crippen molar-refractivity contribution >= 4 is 11.5 Å². The Morgan fingerprint density at radius 3 is 3.00 bits per heavy atom. The summed E-state index contributed by atoms with van der Waals surface area (Å²) in [6.07, 6.45) is 9.57. The Morgan fingerprint density at radius 2 is 2.25 bits per heavy atom. The molecule has 0 spiro atoms. The maximum absolute atomic E-state index is 9.68. The molecule has 1 aliphatic rings. The molecule has 1 atom stereocenters. The van der Waals surface area contributed by atoms with Gasteiger partial charge in [-0.2, -0.15) is 5.10 Å². The van der Waals surface area contributed by atoms with E-state index in [4.69, 9.17) is 0 Å². The fourth-order valence-electron chi connectivity index (χ4n) is 2.67. The van der Waals surface area contributed by atoms with E-state index in [-0.39, 0.29) is 6.10 Å². The number of β-amino-alcohol motifs (C(OH)–C–C–N with tert-alkyl or cyclic N) is 1. The van der Waals surface area contributed by atoms with Gasteiger partial charge in [-0.15, -0.1) is 0 Å². The highest BCUT2D eigenvalue weighted by molar-refractivity contribution is 5.71. The summed E-state index contributed by atoms with van der Waals surface area (Å²) in [4.78, 5) is 11.0. The SMILES string of the molecule is OC1CCN(c2nccn3c(-c4cn[nH]c4)cnc23)C1. The molecule has 2 N–H and O–H groups in total. The van der Waals surface area contributed by atoms with E-state index in [1.54, 1.807) is 12.4 Å². The summed E-state index contributed by atoms with van der Waals surface area (Å²) in [7, 11) is 0. The van der Waals surface area contributed by atoms with Gasteiger partial charge < -0.3 is 10.0 Å². The summed E-state index contributed by atoms with van der Waals surface area (Å²) in [6, 6.07) is 0. The number of anilines is 1. The van der Waals surface area contributed by atoms with E-state index in [1.165, 1.54) is 0 Å². The first-order valence-electron chi connectivity index (χ1n) is 6.57. The molecule has 0 aromatic carbocycles. The van der Waals surface area contributed by atoms with Crippen molar-refractivity contribution in [2.45, 2.75) is 12.5 Å². The fourth-order valence-corrected chi connectivity index (χ4v) is 2.67. The van der Waals surface area contributed by atoms with Crippen LogP contribution in [0.5, 0.6) is 0 Å². The van der Waals surface area contributed by atoms with Gasteiger partial charge in [0.2, 0.25) is 0 Å². The molecule has 1 aliphatic heterocycles. The number of aromatic nitrogens is 5. The van der Waals surface area contributed by atoms with Crippen molar-refractivity contribution in [3.63, 3.8) is 0 Å². The lowest BCUT2D eigenvalue weighted by Crippen LogP contribution is -2.23. The second kappa shape index (κ2) is 4.31. The van der Waals surface area contributed by atoms with E-state index in [9.17, 15) is 5.11 Å². The van der Waals surface area contributed by atoms with Crippen molar-refractivity contribution in [3.8, 4) is 11.3 Å². The number of aliphatic hydroxyl groups is 1. The molecule has 3 aromatic heterocycles. The Kier molecular flexibility index (Phi) is 2.46. The van der Waals surface area contributed by atoms with Crippen molar-refractivity contribution in [2.24, 2.45) is 0 Å². The molecule has 1 saturated heterocycles. The van der Waals surface area contributed by atoms with E-state index in [2.05, 4.69) is 25.1 Å². The molecule has 0 amide bonds. The first-order chi connectivity index (χ1) is 9.83. The lowest BCUT2D eigenvalue weighted by Gasteiger charge is -2.16. The Hall–Kier alpha value is -2.41. The van der Waals surface area contributed by atoms with Gasteiger partial charge in [0, 0.05) is 37.2 Å². The zero-order chi connectivity index (χ0) is 13.5. The Morgan fingerprint density at radius 1 is 1.30 bits per heavy atom. The van der Waals surface area contributed by atoms with Gasteiger partial charge in [0.1, 0.15) is 0 Å². The van der Waals surface area contributed by atoms with E-state index in [1.807, 2.05) is 23.0 Å². The number of aromatic amines is 1. The summed E-state index contributed by atoms with van der Waals surface area (Å²) < 4.78 is 2.00. The van der Waals surface area contributed by atoms with Crippen LogP contribution in [-0.2, 0) is 0 Å². The smallest absolute Gasteiger partial charge is 0.180 e. The first kappa shape index (κ1) is 11.4. The third kappa shape index (κ3) is 1.67. The molecule has 102 valence electrons. The van der Waals surface area contributed by atoms with Gasteiger partial charge in [0.05, 0.1) is 24.2 Å². The Balaban J connectivity index is 1.84. The lowest BCUT2D eigenvalue weighted by molar-refractivity contribution is 0.198. The second-order valence-electron chi connectivity index (χ2n) is 4.96. The summed E-state index contributed by atoms with van der Waals surface area (Å²) >= 11 is 0. The van der Waals surface area contributed by atoms with E-state index >= 15 is 0 Å². The van der Waals surface area contributed by atoms with Gasteiger partial charge in [-0.1, -0.05) is 0 Å². The van der Waals surface area contributed by atoms with Crippen LogP contribution in [0.25, 0.3) is 16.9 Å². The normalized spacial score (nSPS) is 19.1. The van der Waals surface area contributed by atoms with Crippen molar-refractivity contribution in [3.05, 3.63) is 31.0 Å². The van der Waals surface area contributed by atoms with E-state index in [0.717, 1.165) is 35.7 Å². The molecule has 4 heterocycles. The third-order valence-electron chi connectivity index (χ3n) is 3.67. The minimum atomic E-state index is -0.277. The topological polar surface area (TPSA) is 82.3 Å². The molecule has 7 nitrogen and oxygen atoms in total. The molecule has 1 unspecified atom stereocenters. The molecule has 0 saturated carbocycles. The van der Waals surface area contributed by atoms with Crippen LogP contribution < -0.4 is 4.90 Å². The van der Waals surface area contributed by atoms with Crippen LogP contribution in [0.1, 0.15) is 6.42 Å². The summed E-state index contributed by atoms with van der Waals surface area (Å²) in [5, 5.41) is 16.5. The Labute approximate surface area is 114 Å². The molecular formula is C13H14N6O. The van der Waals surface area contributed by atoms with Crippen molar-refractivity contribution in [1.29, 1.82) is 0 Å².